The Bertz CT molecular complexity index is 433. The summed E-state index contributed by atoms with van der Waals surface area (Å²) in [6.45, 7) is 0. The van der Waals surface area contributed by atoms with Crippen LogP contribution >= 0.6 is 23.2 Å². The summed E-state index contributed by atoms with van der Waals surface area (Å²) in [4.78, 5) is 0. The first-order chi connectivity index (χ1) is 7.09. The van der Waals surface area contributed by atoms with Gasteiger partial charge in [-0.25, -0.2) is 0 Å². The van der Waals surface area contributed by atoms with Gasteiger partial charge in [-0.15, -0.1) is 0 Å². The fourth-order valence-electron chi connectivity index (χ4n) is 1.65. The highest BCUT2D eigenvalue weighted by atomic mass is 35.5. The second-order valence-corrected chi connectivity index (χ2v) is 4.73. The molecule has 1 unspecified atom stereocenters. The fraction of sp³-hybridized carbons (Fsp3) is 0.364. The van der Waals surface area contributed by atoms with Crippen LogP contribution in [0.4, 0.5) is 0 Å². The predicted molar refractivity (Wildman–Crippen MR) is 60.7 cm³/mol. The van der Waals surface area contributed by atoms with Crippen LogP contribution < -0.4 is 5.73 Å². The molecule has 0 amide bonds. The average molecular weight is 241 g/mol. The Labute approximate surface area is 98.6 Å². The molecular weight excluding hydrogens is 231 g/mol. The minimum atomic E-state index is -0.378. The van der Waals surface area contributed by atoms with Gasteiger partial charge in [-0.3, -0.25) is 0 Å². The molecule has 78 valence electrons. The molecule has 1 fully saturated rings. The molecular formula is C11H10Cl2N2. The zero-order chi connectivity index (χ0) is 11.1. The molecule has 2 rings (SSSR count). The Morgan fingerprint density at radius 3 is 2.47 bits per heavy atom. The molecule has 0 aromatic heterocycles. The van der Waals surface area contributed by atoms with E-state index in [1.54, 1.807) is 12.1 Å². The molecule has 1 aliphatic carbocycles. The van der Waals surface area contributed by atoms with Crippen LogP contribution in [0, 0.1) is 16.7 Å². The topological polar surface area (TPSA) is 49.8 Å². The Kier molecular flexibility index (Phi) is 2.64. The normalized spacial score (nSPS) is 19.3. The SMILES string of the molecule is N#CC1(C(N)c2ccc(Cl)c(Cl)c2)CC1. The van der Waals surface area contributed by atoms with E-state index in [1.807, 2.05) is 6.07 Å². The van der Waals surface area contributed by atoms with Crippen molar-refractivity contribution in [2.24, 2.45) is 11.1 Å². The van der Waals surface area contributed by atoms with E-state index in [1.165, 1.54) is 0 Å². The molecule has 0 saturated heterocycles. The molecule has 0 bridgehead atoms. The molecule has 0 spiro atoms. The zero-order valence-electron chi connectivity index (χ0n) is 8.00. The number of nitrogens with zero attached hydrogens (tertiary/aromatic N) is 1. The van der Waals surface area contributed by atoms with Crippen LogP contribution in [0.25, 0.3) is 0 Å². The number of benzene rings is 1. The van der Waals surface area contributed by atoms with Crippen molar-refractivity contribution in [3.8, 4) is 6.07 Å². The number of halogens is 2. The summed E-state index contributed by atoms with van der Waals surface area (Å²) in [5.41, 5.74) is 6.54. The van der Waals surface area contributed by atoms with E-state index in [4.69, 9.17) is 34.2 Å². The van der Waals surface area contributed by atoms with Crippen LogP contribution in [-0.4, -0.2) is 0 Å². The Morgan fingerprint density at radius 1 is 1.33 bits per heavy atom. The molecule has 1 atom stereocenters. The molecule has 1 aliphatic rings. The number of hydrogen-bond donors (Lipinski definition) is 1. The molecule has 15 heavy (non-hydrogen) atoms. The average Bonchev–Trinajstić information content (AvgIpc) is 3.02. The van der Waals surface area contributed by atoms with E-state index in [0.717, 1.165) is 18.4 Å². The Morgan fingerprint density at radius 2 is 2.00 bits per heavy atom. The molecule has 0 heterocycles. The standard InChI is InChI=1S/C11H10Cl2N2/c12-8-2-1-7(5-9(8)13)10(15)11(6-14)3-4-11/h1-2,5,10H,3-4,15H2. The molecule has 1 aromatic carbocycles. The lowest BCUT2D eigenvalue weighted by molar-refractivity contribution is 0.519. The molecule has 1 aromatic rings. The van der Waals surface area contributed by atoms with Crippen molar-refractivity contribution >= 4 is 23.2 Å². The van der Waals surface area contributed by atoms with Crippen molar-refractivity contribution < 1.29 is 0 Å². The summed E-state index contributed by atoms with van der Waals surface area (Å²) in [6.07, 6.45) is 1.73. The van der Waals surface area contributed by atoms with Crippen molar-refractivity contribution in [1.82, 2.24) is 0 Å². The predicted octanol–water partition coefficient (Wildman–Crippen LogP) is 3.30. The lowest BCUT2D eigenvalue weighted by Crippen LogP contribution is -2.21. The van der Waals surface area contributed by atoms with Gasteiger partial charge in [0.2, 0.25) is 0 Å². The van der Waals surface area contributed by atoms with E-state index in [2.05, 4.69) is 6.07 Å². The van der Waals surface area contributed by atoms with E-state index in [-0.39, 0.29) is 11.5 Å². The third-order valence-corrected chi connectivity index (χ3v) is 3.65. The number of rotatable bonds is 2. The van der Waals surface area contributed by atoms with E-state index >= 15 is 0 Å². The lowest BCUT2D eigenvalue weighted by atomic mass is 9.92. The largest absolute Gasteiger partial charge is 0.323 e. The van der Waals surface area contributed by atoms with Gasteiger partial charge in [0, 0.05) is 6.04 Å². The minimum absolute atomic E-state index is 0.266. The van der Waals surface area contributed by atoms with Gasteiger partial charge in [0.05, 0.1) is 21.5 Å². The van der Waals surface area contributed by atoms with Crippen LogP contribution in [0.3, 0.4) is 0 Å². The third kappa shape index (κ3) is 1.83. The van der Waals surface area contributed by atoms with Gasteiger partial charge < -0.3 is 5.73 Å². The van der Waals surface area contributed by atoms with Gasteiger partial charge in [0.25, 0.3) is 0 Å². The third-order valence-electron chi connectivity index (χ3n) is 2.91. The summed E-state index contributed by atoms with van der Waals surface area (Å²) in [5, 5.41) is 10.0. The highest BCUT2D eigenvalue weighted by molar-refractivity contribution is 6.42. The van der Waals surface area contributed by atoms with E-state index in [9.17, 15) is 0 Å². The van der Waals surface area contributed by atoms with Crippen molar-refractivity contribution in [1.29, 1.82) is 5.26 Å². The lowest BCUT2D eigenvalue weighted by Gasteiger charge is -2.17. The first kappa shape index (κ1) is 10.8. The maximum atomic E-state index is 9.02. The minimum Gasteiger partial charge on any atom is -0.323 e. The highest BCUT2D eigenvalue weighted by Crippen LogP contribution is 2.53. The summed E-state index contributed by atoms with van der Waals surface area (Å²) >= 11 is 11.7. The zero-order valence-corrected chi connectivity index (χ0v) is 9.52. The second-order valence-electron chi connectivity index (χ2n) is 3.92. The van der Waals surface area contributed by atoms with Crippen LogP contribution in [0.1, 0.15) is 24.4 Å². The van der Waals surface area contributed by atoms with E-state index in [0.29, 0.717) is 10.0 Å². The van der Waals surface area contributed by atoms with Crippen molar-refractivity contribution in [2.75, 3.05) is 0 Å². The number of hydrogen-bond acceptors (Lipinski definition) is 2. The van der Waals surface area contributed by atoms with Gasteiger partial charge in [0.1, 0.15) is 0 Å². The van der Waals surface area contributed by atoms with Gasteiger partial charge in [-0.1, -0.05) is 29.3 Å². The van der Waals surface area contributed by atoms with Crippen LogP contribution in [0.15, 0.2) is 18.2 Å². The molecule has 4 heteroatoms. The van der Waals surface area contributed by atoms with Crippen molar-refractivity contribution in [3.63, 3.8) is 0 Å². The maximum Gasteiger partial charge on any atom is 0.0767 e. The maximum absolute atomic E-state index is 9.02. The quantitative estimate of drug-likeness (QED) is 0.863. The molecule has 2 N–H and O–H groups in total. The smallest absolute Gasteiger partial charge is 0.0767 e. The van der Waals surface area contributed by atoms with Crippen LogP contribution in [-0.2, 0) is 0 Å². The van der Waals surface area contributed by atoms with Gasteiger partial charge in [0.15, 0.2) is 0 Å². The van der Waals surface area contributed by atoms with E-state index < -0.39 is 0 Å². The first-order valence-corrected chi connectivity index (χ1v) is 5.46. The van der Waals surface area contributed by atoms with Crippen LogP contribution in [0.5, 0.6) is 0 Å². The number of nitriles is 1. The molecule has 1 saturated carbocycles. The van der Waals surface area contributed by atoms with Gasteiger partial charge in [-0.05, 0) is 30.5 Å². The van der Waals surface area contributed by atoms with Crippen molar-refractivity contribution in [3.05, 3.63) is 33.8 Å². The summed E-state index contributed by atoms with van der Waals surface area (Å²) < 4.78 is 0. The Hall–Kier alpha value is -0.750. The second kappa shape index (κ2) is 3.68. The Balaban J connectivity index is 2.31. The summed E-state index contributed by atoms with van der Waals surface area (Å²) in [7, 11) is 0. The van der Waals surface area contributed by atoms with Gasteiger partial charge in [-0.2, -0.15) is 5.26 Å². The highest BCUT2D eigenvalue weighted by Gasteiger charge is 2.49. The molecule has 2 nitrogen and oxygen atoms in total. The fourth-order valence-corrected chi connectivity index (χ4v) is 1.96. The van der Waals surface area contributed by atoms with Crippen molar-refractivity contribution in [2.45, 2.75) is 18.9 Å². The first-order valence-electron chi connectivity index (χ1n) is 4.71. The monoisotopic (exact) mass is 240 g/mol. The molecule has 0 radical (unpaired) electrons. The summed E-state index contributed by atoms with van der Waals surface area (Å²) in [6, 6.07) is 7.30. The van der Waals surface area contributed by atoms with Gasteiger partial charge >= 0.3 is 0 Å². The van der Waals surface area contributed by atoms with Crippen LogP contribution in [0.2, 0.25) is 10.0 Å². The number of nitrogens with two attached hydrogens (primary N) is 1. The molecule has 0 aliphatic heterocycles. The summed E-state index contributed by atoms with van der Waals surface area (Å²) in [5.74, 6) is 0.